The molecule has 1 aliphatic carbocycles. The van der Waals surface area contributed by atoms with Gasteiger partial charge in [0.1, 0.15) is 6.04 Å². The molecule has 0 aromatic heterocycles. The van der Waals surface area contributed by atoms with Gasteiger partial charge in [-0.05, 0) is 18.4 Å². The minimum atomic E-state index is -0.723. The summed E-state index contributed by atoms with van der Waals surface area (Å²) in [6.07, 6.45) is 3.99. The van der Waals surface area contributed by atoms with E-state index in [-0.39, 0.29) is 11.8 Å². The van der Waals surface area contributed by atoms with E-state index in [1.54, 1.807) is 12.1 Å². The summed E-state index contributed by atoms with van der Waals surface area (Å²) in [5, 5.41) is 2.76. The van der Waals surface area contributed by atoms with Crippen LogP contribution in [-0.4, -0.2) is 11.8 Å². The monoisotopic (exact) mass is 246 g/mol. The summed E-state index contributed by atoms with van der Waals surface area (Å²) >= 11 is 0. The molecule has 1 aromatic rings. The standard InChI is InChI=1S/C14H18N2O2/c15-13(17)12(10-6-2-1-3-7-10)16-14(18)11-8-4-5-9-11/h1-3,6-7,11-12H,4-5,8-9H2,(H2,15,17)(H,16,18)/t12-/m1/s1. The van der Waals surface area contributed by atoms with Gasteiger partial charge in [0.25, 0.3) is 0 Å². The lowest BCUT2D eigenvalue weighted by Gasteiger charge is -2.18. The van der Waals surface area contributed by atoms with E-state index in [0.717, 1.165) is 31.2 Å². The molecule has 3 N–H and O–H groups in total. The summed E-state index contributed by atoms with van der Waals surface area (Å²) in [7, 11) is 0. The smallest absolute Gasteiger partial charge is 0.244 e. The lowest BCUT2D eigenvalue weighted by atomic mass is 10.0. The Bertz CT molecular complexity index is 425. The fourth-order valence-electron chi connectivity index (χ4n) is 2.41. The first-order chi connectivity index (χ1) is 8.68. The largest absolute Gasteiger partial charge is 0.368 e. The van der Waals surface area contributed by atoms with Crippen LogP contribution in [0, 0.1) is 5.92 Å². The van der Waals surface area contributed by atoms with Gasteiger partial charge in [0, 0.05) is 5.92 Å². The molecular weight excluding hydrogens is 228 g/mol. The highest BCUT2D eigenvalue weighted by Crippen LogP contribution is 2.25. The van der Waals surface area contributed by atoms with Crippen molar-refractivity contribution < 1.29 is 9.59 Å². The number of rotatable bonds is 4. The van der Waals surface area contributed by atoms with Crippen LogP contribution in [0.25, 0.3) is 0 Å². The number of nitrogens with one attached hydrogen (secondary N) is 1. The van der Waals surface area contributed by atoms with Crippen molar-refractivity contribution in [1.82, 2.24) is 5.32 Å². The topological polar surface area (TPSA) is 72.2 Å². The maximum atomic E-state index is 12.0. The minimum absolute atomic E-state index is 0.0376. The molecule has 0 spiro atoms. The molecule has 1 fully saturated rings. The van der Waals surface area contributed by atoms with Crippen LogP contribution in [0.2, 0.25) is 0 Å². The van der Waals surface area contributed by atoms with Crippen molar-refractivity contribution in [3.05, 3.63) is 35.9 Å². The van der Waals surface area contributed by atoms with Gasteiger partial charge >= 0.3 is 0 Å². The summed E-state index contributed by atoms with van der Waals surface area (Å²) in [4.78, 5) is 23.5. The highest BCUT2D eigenvalue weighted by molar-refractivity contribution is 5.88. The fraction of sp³-hybridized carbons (Fsp3) is 0.429. The summed E-state index contributed by atoms with van der Waals surface area (Å²) in [6.45, 7) is 0. The maximum absolute atomic E-state index is 12.0. The first-order valence-corrected chi connectivity index (χ1v) is 6.33. The number of nitrogens with two attached hydrogens (primary N) is 1. The SMILES string of the molecule is NC(=O)[C@H](NC(=O)C1CCCC1)c1ccccc1. The summed E-state index contributed by atoms with van der Waals surface area (Å²) in [6, 6.07) is 8.38. The Morgan fingerprint density at radius 2 is 1.78 bits per heavy atom. The van der Waals surface area contributed by atoms with E-state index in [0.29, 0.717) is 0 Å². The Labute approximate surface area is 107 Å². The van der Waals surface area contributed by atoms with E-state index in [1.165, 1.54) is 0 Å². The molecular formula is C14H18N2O2. The zero-order valence-corrected chi connectivity index (χ0v) is 10.3. The molecule has 1 saturated carbocycles. The number of hydrogen-bond donors (Lipinski definition) is 2. The third kappa shape index (κ3) is 2.88. The van der Waals surface area contributed by atoms with E-state index in [2.05, 4.69) is 5.32 Å². The van der Waals surface area contributed by atoms with Crippen molar-refractivity contribution in [2.24, 2.45) is 11.7 Å². The van der Waals surface area contributed by atoms with E-state index >= 15 is 0 Å². The van der Waals surface area contributed by atoms with Crippen LogP contribution in [0.15, 0.2) is 30.3 Å². The maximum Gasteiger partial charge on any atom is 0.244 e. The van der Waals surface area contributed by atoms with Crippen LogP contribution in [0.5, 0.6) is 0 Å². The zero-order valence-electron chi connectivity index (χ0n) is 10.3. The summed E-state index contributed by atoms with van der Waals surface area (Å²) in [5.41, 5.74) is 6.09. The molecule has 1 atom stereocenters. The number of hydrogen-bond acceptors (Lipinski definition) is 2. The fourth-order valence-corrected chi connectivity index (χ4v) is 2.41. The van der Waals surface area contributed by atoms with Crippen LogP contribution in [0.1, 0.15) is 37.3 Å². The Balaban J connectivity index is 2.07. The van der Waals surface area contributed by atoms with Crippen molar-refractivity contribution in [2.45, 2.75) is 31.7 Å². The Morgan fingerprint density at radius 3 is 2.33 bits per heavy atom. The minimum Gasteiger partial charge on any atom is -0.368 e. The number of benzene rings is 1. The molecule has 0 aliphatic heterocycles. The Hall–Kier alpha value is -1.84. The molecule has 0 heterocycles. The summed E-state index contributed by atoms with van der Waals surface area (Å²) in [5.74, 6) is -0.539. The third-order valence-corrected chi connectivity index (χ3v) is 3.43. The predicted molar refractivity (Wildman–Crippen MR) is 68.5 cm³/mol. The Kier molecular flexibility index (Phi) is 3.97. The van der Waals surface area contributed by atoms with E-state index < -0.39 is 11.9 Å². The number of primary amides is 1. The van der Waals surface area contributed by atoms with Crippen molar-refractivity contribution in [1.29, 1.82) is 0 Å². The highest BCUT2D eigenvalue weighted by atomic mass is 16.2. The molecule has 18 heavy (non-hydrogen) atoms. The van der Waals surface area contributed by atoms with Crippen LogP contribution >= 0.6 is 0 Å². The van der Waals surface area contributed by atoms with Gasteiger partial charge in [-0.15, -0.1) is 0 Å². The van der Waals surface area contributed by atoms with Crippen molar-refractivity contribution in [3.63, 3.8) is 0 Å². The van der Waals surface area contributed by atoms with Gasteiger partial charge in [-0.1, -0.05) is 43.2 Å². The molecule has 2 amide bonds. The van der Waals surface area contributed by atoms with Gasteiger partial charge in [-0.3, -0.25) is 9.59 Å². The molecule has 2 rings (SSSR count). The van der Waals surface area contributed by atoms with Crippen LogP contribution < -0.4 is 11.1 Å². The highest BCUT2D eigenvalue weighted by Gasteiger charge is 2.27. The second-order valence-electron chi connectivity index (χ2n) is 4.74. The number of carbonyl (C=O) groups excluding carboxylic acids is 2. The second kappa shape index (κ2) is 5.67. The first kappa shape index (κ1) is 12.6. The molecule has 1 aliphatic rings. The molecule has 0 bridgehead atoms. The third-order valence-electron chi connectivity index (χ3n) is 3.43. The summed E-state index contributed by atoms with van der Waals surface area (Å²) < 4.78 is 0. The molecule has 0 radical (unpaired) electrons. The van der Waals surface area contributed by atoms with Crippen LogP contribution in [0.3, 0.4) is 0 Å². The van der Waals surface area contributed by atoms with Gasteiger partial charge in [0.05, 0.1) is 0 Å². The Morgan fingerprint density at radius 1 is 1.17 bits per heavy atom. The van der Waals surface area contributed by atoms with Crippen molar-refractivity contribution in [3.8, 4) is 0 Å². The van der Waals surface area contributed by atoms with Crippen molar-refractivity contribution >= 4 is 11.8 Å². The van der Waals surface area contributed by atoms with Crippen LogP contribution in [-0.2, 0) is 9.59 Å². The quantitative estimate of drug-likeness (QED) is 0.845. The number of amides is 2. The van der Waals surface area contributed by atoms with Gasteiger partial charge in [0.2, 0.25) is 11.8 Å². The molecule has 4 nitrogen and oxygen atoms in total. The molecule has 0 unspecified atom stereocenters. The first-order valence-electron chi connectivity index (χ1n) is 6.33. The van der Waals surface area contributed by atoms with E-state index in [4.69, 9.17) is 5.73 Å². The second-order valence-corrected chi connectivity index (χ2v) is 4.74. The molecule has 4 heteroatoms. The average molecular weight is 246 g/mol. The van der Waals surface area contributed by atoms with Crippen LogP contribution in [0.4, 0.5) is 0 Å². The zero-order chi connectivity index (χ0) is 13.0. The molecule has 1 aromatic carbocycles. The van der Waals surface area contributed by atoms with Gasteiger partial charge < -0.3 is 11.1 Å². The van der Waals surface area contributed by atoms with E-state index in [1.807, 2.05) is 18.2 Å². The molecule has 96 valence electrons. The lowest BCUT2D eigenvalue weighted by Crippen LogP contribution is -2.39. The van der Waals surface area contributed by atoms with Gasteiger partial charge in [0.15, 0.2) is 0 Å². The van der Waals surface area contributed by atoms with E-state index in [9.17, 15) is 9.59 Å². The van der Waals surface area contributed by atoms with Gasteiger partial charge in [-0.25, -0.2) is 0 Å². The molecule has 0 saturated heterocycles. The predicted octanol–water partition coefficient (Wildman–Crippen LogP) is 1.52. The number of carbonyl (C=O) groups is 2. The normalized spacial score (nSPS) is 17.3. The average Bonchev–Trinajstić information content (AvgIpc) is 2.90. The lowest BCUT2D eigenvalue weighted by molar-refractivity contribution is -0.129. The van der Waals surface area contributed by atoms with Gasteiger partial charge in [-0.2, -0.15) is 0 Å². The van der Waals surface area contributed by atoms with Crippen molar-refractivity contribution in [2.75, 3.05) is 0 Å².